The van der Waals surface area contributed by atoms with Crippen LogP contribution in [0.25, 0.3) is 0 Å². The van der Waals surface area contributed by atoms with Gasteiger partial charge in [0.2, 0.25) is 10.7 Å². The number of thiazole rings is 1. The van der Waals surface area contributed by atoms with E-state index in [1.165, 1.54) is 33.8 Å². The molecule has 2 aliphatic heterocycles. The lowest BCUT2D eigenvalue weighted by molar-refractivity contribution is -0.150. The highest BCUT2D eigenvalue weighted by Crippen LogP contribution is 2.41. The molecule has 4 rings (SSSR count). The first kappa shape index (κ1) is 20.5. The third-order valence-corrected chi connectivity index (χ3v) is 7.58. The van der Waals surface area contributed by atoms with Crippen molar-refractivity contribution in [1.29, 1.82) is 5.41 Å². The van der Waals surface area contributed by atoms with Gasteiger partial charge < -0.3 is 15.6 Å². The number of aromatic nitrogens is 4. The number of carboxylic acids is 1. The lowest BCUT2D eigenvalue weighted by Crippen LogP contribution is -2.70. The van der Waals surface area contributed by atoms with Crippen LogP contribution in [0, 0.1) is 5.41 Å². The summed E-state index contributed by atoms with van der Waals surface area (Å²) in [5, 5.41) is 41.0. The summed E-state index contributed by atoms with van der Waals surface area (Å²) in [5.41, 5.74) is 0.772. The van der Waals surface area contributed by atoms with E-state index in [2.05, 4.69) is 20.7 Å². The number of β-lactam (4-membered cyclic amide) rings is 1. The Kier molecular flexibility index (Phi) is 5.57. The van der Waals surface area contributed by atoms with Gasteiger partial charge in [-0.25, -0.2) is 4.79 Å². The number of thioether (sulfide) groups is 2. The number of aromatic amines is 1. The molecule has 4 heterocycles. The number of hydrogen-bond donors (Lipinski definition) is 5. The minimum absolute atomic E-state index is 0.0601. The molecule has 5 N–H and O–H groups in total. The van der Waals surface area contributed by atoms with E-state index in [1.54, 1.807) is 6.20 Å². The molecule has 2 atom stereocenters. The van der Waals surface area contributed by atoms with Crippen LogP contribution in [0.15, 0.2) is 27.9 Å². The second-order valence-electron chi connectivity index (χ2n) is 6.33. The maximum Gasteiger partial charge on any atom is 0.352 e. The van der Waals surface area contributed by atoms with Gasteiger partial charge in [-0.3, -0.25) is 25.0 Å². The van der Waals surface area contributed by atoms with Crippen molar-refractivity contribution in [2.45, 2.75) is 22.9 Å². The van der Waals surface area contributed by atoms with Crippen LogP contribution in [-0.2, 0) is 20.8 Å². The Morgan fingerprint density at radius 1 is 1.47 bits per heavy atom. The van der Waals surface area contributed by atoms with Crippen LogP contribution in [0.1, 0.15) is 5.69 Å². The van der Waals surface area contributed by atoms with Crippen molar-refractivity contribution in [3.05, 3.63) is 33.3 Å². The molecule has 2 aromatic heterocycles. The second-order valence-corrected chi connectivity index (χ2v) is 9.29. The highest BCUT2D eigenvalue weighted by atomic mass is 32.2. The molecule has 2 aliphatic rings. The fourth-order valence-corrected chi connectivity index (χ4v) is 6.00. The summed E-state index contributed by atoms with van der Waals surface area (Å²) in [6.07, 6.45) is 1.40. The predicted molar refractivity (Wildman–Crippen MR) is 106 cm³/mol. The monoisotopic (exact) mass is 469 g/mol. The fraction of sp³-hybridized carbons (Fsp3) is 0.333. The Morgan fingerprint density at radius 2 is 2.27 bits per heavy atom. The Labute approximate surface area is 180 Å². The predicted octanol–water partition coefficient (Wildman–Crippen LogP) is -0.542. The zero-order valence-electron chi connectivity index (χ0n) is 15.1. The number of rotatable bonds is 7. The van der Waals surface area contributed by atoms with Crippen LogP contribution in [0.3, 0.4) is 0 Å². The zero-order valence-corrected chi connectivity index (χ0v) is 17.5. The lowest BCUT2D eigenvalue weighted by atomic mass is 10.0. The number of nitrogens with zero attached hydrogens (tertiary/aromatic N) is 4. The zero-order chi connectivity index (χ0) is 21.4. The standard InChI is InChI=1S/C15H15N7O5S3/c16-15-22(27)7(5-30-15)1-8(23)18-10-12(24)21-11(14(25)26)6(4-29-13(10)21)3-28-9-2-17-20-19-9/h2,5,10,13,16,27H,1,3-4H2,(H,18,23)(H,25,26)(H,17,19,20)/t10?,13-/m1/s1. The summed E-state index contributed by atoms with van der Waals surface area (Å²) in [4.78, 5) is 37.9. The summed E-state index contributed by atoms with van der Waals surface area (Å²) in [6, 6.07) is -0.845. The molecule has 1 unspecified atom stereocenters. The average molecular weight is 470 g/mol. The molecule has 0 aromatic carbocycles. The minimum Gasteiger partial charge on any atom is -0.477 e. The molecule has 2 amide bonds. The van der Waals surface area contributed by atoms with Crippen molar-refractivity contribution >= 4 is 52.6 Å². The number of nitrogens with one attached hydrogen (secondary N) is 3. The summed E-state index contributed by atoms with van der Waals surface area (Å²) < 4.78 is 0.610. The van der Waals surface area contributed by atoms with Crippen molar-refractivity contribution in [1.82, 2.24) is 30.4 Å². The number of H-pyrrole nitrogens is 1. The maximum atomic E-state index is 12.6. The van der Waals surface area contributed by atoms with Gasteiger partial charge in [0.15, 0.2) is 0 Å². The SMILES string of the molecule is N=c1scc(CC(=O)NC2C(=O)N3C(C(=O)O)=C(CSc4c[nH]nn4)CS[C@H]23)n1O. The number of amides is 2. The molecule has 1 saturated heterocycles. The molecular formula is C15H15N7O5S3. The molecular weight excluding hydrogens is 454 g/mol. The molecule has 2 aromatic rings. The number of fused-ring (bicyclic) bond motifs is 1. The van der Waals surface area contributed by atoms with E-state index < -0.39 is 29.2 Å². The van der Waals surface area contributed by atoms with Crippen LogP contribution in [-0.4, -0.2) is 76.1 Å². The molecule has 30 heavy (non-hydrogen) atoms. The van der Waals surface area contributed by atoms with E-state index in [9.17, 15) is 24.7 Å². The number of carboxylic acid groups (broad SMARTS) is 1. The van der Waals surface area contributed by atoms with Crippen LogP contribution in [0.5, 0.6) is 0 Å². The van der Waals surface area contributed by atoms with E-state index >= 15 is 0 Å². The Balaban J connectivity index is 1.44. The van der Waals surface area contributed by atoms with Crippen LogP contribution < -0.4 is 10.1 Å². The summed E-state index contributed by atoms with van der Waals surface area (Å²) in [5.74, 6) is -1.44. The van der Waals surface area contributed by atoms with E-state index in [0.29, 0.717) is 26.8 Å². The first-order valence-electron chi connectivity index (χ1n) is 8.48. The van der Waals surface area contributed by atoms with Gasteiger partial charge in [0.05, 0.1) is 18.3 Å². The van der Waals surface area contributed by atoms with Crippen molar-refractivity contribution in [2.75, 3.05) is 11.5 Å². The highest BCUT2D eigenvalue weighted by Gasteiger charge is 2.54. The van der Waals surface area contributed by atoms with Gasteiger partial charge in [-0.15, -0.1) is 28.2 Å². The van der Waals surface area contributed by atoms with Gasteiger partial charge in [0, 0.05) is 16.9 Å². The highest BCUT2D eigenvalue weighted by molar-refractivity contribution is 8.01. The first-order chi connectivity index (χ1) is 14.4. The molecule has 1 fully saturated rings. The summed E-state index contributed by atoms with van der Waals surface area (Å²) in [6.45, 7) is 0. The smallest absolute Gasteiger partial charge is 0.352 e. The summed E-state index contributed by atoms with van der Waals surface area (Å²) in [7, 11) is 0. The number of carbonyl (C=O) groups is 3. The van der Waals surface area contributed by atoms with E-state index in [-0.39, 0.29) is 22.6 Å². The van der Waals surface area contributed by atoms with Gasteiger partial charge in [0.25, 0.3) is 5.91 Å². The maximum absolute atomic E-state index is 12.6. The number of carbonyl (C=O) groups excluding carboxylic acids is 2. The van der Waals surface area contributed by atoms with Crippen molar-refractivity contribution in [3.8, 4) is 0 Å². The van der Waals surface area contributed by atoms with Crippen LogP contribution >= 0.6 is 34.9 Å². The Hall–Kier alpha value is -2.78. The summed E-state index contributed by atoms with van der Waals surface area (Å²) >= 11 is 3.66. The van der Waals surface area contributed by atoms with E-state index in [1.807, 2.05) is 0 Å². The number of hydrogen-bond acceptors (Lipinski definition) is 10. The third kappa shape index (κ3) is 3.70. The normalized spacial score (nSPS) is 20.7. The van der Waals surface area contributed by atoms with Gasteiger partial charge in [-0.1, -0.05) is 17.0 Å². The Bertz CT molecular complexity index is 1090. The fourth-order valence-electron chi connectivity index (χ4n) is 3.08. The van der Waals surface area contributed by atoms with Gasteiger partial charge in [-0.2, -0.15) is 4.73 Å². The van der Waals surface area contributed by atoms with Gasteiger partial charge in [-0.05, 0) is 5.57 Å². The molecule has 0 spiro atoms. The van der Waals surface area contributed by atoms with Crippen LogP contribution in [0.2, 0.25) is 0 Å². The topological polar surface area (TPSA) is 177 Å². The molecule has 15 heteroatoms. The number of aliphatic carboxylic acids is 1. The first-order valence-corrected chi connectivity index (χ1v) is 11.4. The minimum atomic E-state index is -1.20. The molecule has 12 nitrogen and oxygen atoms in total. The average Bonchev–Trinajstić information content (AvgIpc) is 3.35. The molecule has 0 aliphatic carbocycles. The quantitative estimate of drug-likeness (QED) is 0.202. The van der Waals surface area contributed by atoms with Crippen molar-refractivity contribution in [3.63, 3.8) is 0 Å². The molecule has 0 radical (unpaired) electrons. The van der Waals surface area contributed by atoms with E-state index in [4.69, 9.17) is 5.41 Å². The van der Waals surface area contributed by atoms with Crippen molar-refractivity contribution < 1.29 is 24.7 Å². The Morgan fingerprint density at radius 3 is 2.90 bits per heavy atom. The largest absolute Gasteiger partial charge is 0.477 e. The van der Waals surface area contributed by atoms with Gasteiger partial charge >= 0.3 is 5.97 Å². The lowest BCUT2D eigenvalue weighted by Gasteiger charge is -2.49. The molecule has 158 valence electrons. The van der Waals surface area contributed by atoms with Gasteiger partial charge in [0.1, 0.15) is 22.1 Å². The third-order valence-electron chi connectivity index (χ3n) is 4.47. The molecule has 0 bridgehead atoms. The second kappa shape index (κ2) is 8.16. The molecule has 0 saturated carbocycles. The van der Waals surface area contributed by atoms with Crippen molar-refractivity contribution in [2.24, 2.45) is 0 Å². The van der Waals surface area contributed by atoms with Crippen LogP contribution in [0.4, 0.5) is 0 Å². The van der Waals surface area contributed by atoms with E-state index in [0.717, 1.165) is 11.3 Å².